The van der Waals surface area contributed by atoms with Crippen molar-refractivity contribution in [3.8, 4) is 0 Å². The third-order valence-corrected chi connectivity index (χ3v) is 5.91. The van der Waals surface area contributed by atoms with Gasteiger partial charge >= 0.3 is 0 Å². The van der Waals surface area contributed by atoms with Crippen LogP contribution in [-0.4, -0.2) is 28.3 Å². The Balaban J connectivity index is 2.03. The van der Waals surface area contributed by atoms with E-state index in [4.69, 9.17) is 0 Å². The summed E-state index contributed by atoms with van der Waals surface area (Å²) in [6, 6.07) is 21.2. The highest BCUT2D eigenvalue weighted by molar-refractivity contribution is 5.89. The molecule has 3 aromatic carbocycles. The van der Waals surface area contributed by atoms with Crippen molar-refractivity contribution in [2.45, 2.75) is 65.6 Å². The number of nitrogens with zero attached hydrogens (tertiary/aromatic N) is 1. The molecule has 3 rings (SSSR count). The summed E-state index contributed by atoms with van der Waals surface area (Å²) in [6.45, 7) is 9.68. The first-order chi connectivity index (χ1) is 16.5. The average Bonchev–Trinajstić information content (AvgIpc) is 2.79. The average molecular weight is 475 g/mol. The summed E-state index contributed by atoms with van der Waals surface area (Å²) in [4.78, 5) is 28.9. The van der Waals surface area contributed by atoms with Crippen molar-refractivity contribution in [1.82, 2.24) is 10.2 Å². The van der Waals surface area contributed by atoms with E-state index in [1.165, 1.54) is 11.0 Å². The summed E-state index contributed by atoms with van der Waals surface area (Å²) in [5.41, 5.74) is 3.80. The molecule has 1 atom stereocenters. The van der Waals surface area contributed by atoms with Gasteiger partial charge < -0.3 is 10.2 Å². The quantitative estimate of drug-likeness (QED) is 0.466. The van der Waals surface area contributed by atoms with Crippen molar-refractivity contribution < 1.29 is 14.0 Å². The molecule has 4 nitrogen and oxygen atoms in total. The Hall–Kier alpha value is -3.47. The fraction of sp³-hybridized carbons (Fsp3) is 0.333. The normalized spacial score (nSPS) is 12.2. The number of carbonyl (C=O) groups is 2. The van der Waals surface area contributed by atoms with Crippen LogP contribution in [0.15, 0.2) is 72.8 Å². The Labute approximate surface area is 208 Å². The van der Waals surface area contributed by atoms with E-state index in [0.717, 1.165) is 22.3 Å². The van der Waals surface area contributed by atoms with Gasteiger partial charge in [0, 0.05) is 24.1 Å². The van der Waals surface area contributed by atoms with Crippen molar-refractivity contribution in [3.63, 3.8) is 0 Å². The molecule has 0 saturated carbocycles. The maximum Gasteiger partial charge on any atom is 0.243 e. The number of aryl methyl sites for hydroxylation is 2. The minimum absolute atomic E-state index is 0.00539. The molecule has 184 valence electrons. The molecule has 2 amide bonds. The molecule has 1 unspecified atom stereocenters. The van der Waals surface area contributed by atoms with Crippen LogP contribution < -0.4 is 5.32 Å². The van der Waals surface area contributed by atoms with Crippen LogP contribution in [0.25, 0.3) is 0 Å². The molecule has 0 radical (unpaired) electrons. The SMILES string of the molecule is Cc1ccc(C)c(CC(=O)N(Cc2ccccc2F)C(Cc2ccccc2)C(=O)NC(C)(C)C)c1. The molecule has 0 aliphatic rings. The number of rotatable bonds is 8. The minimum atomic E-state index is -0.797. The van der Waals surface area contributed by atoms with E-state index in [-0.39, 0.29) is 24.8 Å². The largest absolute Gasteiger partial charge is 0.350 e. The molecule has 5 heteroatoms. The molecule has 0 saturated heterocycles. The smallest absolute Gasteiger partial charge is 0.243 e. The maximum atomic E-state index is 14.7. The van der Waals surface area contributed by atoms with E-state index in [2.05, 4.69) is 5.32 Å². The molecule has 0 aliphatic heterocycles. The summed E-state index contributed by atoms with van der Waals surface area (Å²) < 4.78 is 14.7. The lowest BCUT2D eigenvalue weighted by Crippen LogP contribution is -2.54. The molecule has 35 heavy (non-hydrogen) atoms. The fourth-order valence-electron chi connectivity index (χ4n) is 4.07. The molecule has 0 aliphatic carbocycles. The van der Waals surface area contributed by atoms with Crippen molar-refractivity contribution in [2.24, 2.45) is 0 Å². The van der Waals surface area contributed by atoms with Crippen LogP contribution in [0, 0.1) is 19.7 Å². The third-order valence-electron chi connectivity index (χ3n) is 5.91. The van der Waals surface area contributed by atoms with Crippen LogP contribution in [0.1, 0.15) is 48.6 Å². The Bertz CT molecular complexity index is 1170. The van der Waals surface area contributed by atoms with Gasteiger partial charge in [-0.25, -0.2) is 4.39 Å². The van der Waals surface area contributed by atoms with E-state index < -0.39 is 17.4 Å². The van der Waals surface area contributed by atoms with Gasteiger partial charge in [-0.2, -0.15) is 0 Å². The van der Waals surface area contributed by atoms with Crippen LogP contribution in [0.4, 0.5) is 4.39 Å². The van der Waals surface area contributed by atoms with Crippen LogP contribution in [0.3, 0.4) is 0 Å². The molecule has 0 spiro atoms. The van der Waals surface area contributed by atoms with Crippen molar-refractivity contribution >= 4 is 11.8 Å². The molecule has 0 aromatic heterocycles. The van der Waals surface area contributed by atoms with Gasteiger partial charge in [0.25, 0.3) is 0 Å². The second kappa shape index (κ2) is 11.3. The molecular weight excluding hydrogens is 439 g/mol. The van der Waals surface area contributed by atoms with Crippen LogP contribution in [0.5, 0.6) is 0 Å². The summed E-state index contributed by atoms with van der Waals surface area (Å²) >= 11 is 0. The second-order valence-corrected chi connectivity index (χ2v) is 10.2. The first kappa shape index (κ1) is 26.1. The van der Waals surface area contributed by atoms with Crippen molar-refractivity contribution in [2.75, 3.05) is 0 Å². The number of hydrogen-bond acceptors (Lipinski definition) is 2. The lowest BCUT2D eigenvalue weighted by atomic mass is 9.98. The van der Waals surface area contributed by atoms with Crippen molar-refractivity contribution in [3.05, 3.63) is 106 Å². The van der Waals surface area contributed by atoms with Gasteiger partial charge in [0.15, 0.2) is 0 Å². The number of halogens is 1. The van der Waals surface area contributed by atoms with Crippen LogP contribution in [0.2, 0.25) is 0 Å². The maximum absolute atomic E-state index is 14.7. The molecule has 0 heterocycles. The number of amides is 2. The zero-order valence-electron chi connectivity index (χ0n) is 21.3. The van der Waals surface area contributed by atoms with Crippen LogP contribution in [-0.2, 0) is 29.0 Å². The third kappa shape index (κ3) is 7.51. The topological polar surface area (TPSA) is 49.4 Å². The van der Waals surface area contributed by atoms with E-state index in [1.807, 2.05) is 83.1 Å². The lowest BCUT2D eigenvalue weighted by Gasteiger charge is -2.34. The standard InChI is InChI=1S/C30H35FN2O2/c1-21-15-16-22(2)25(17-21)19-28(34)33(20-24-13-9-10-14-26(24)31)27(29(35)32-30(3,4)5)18-23-11-7-6-8-12-23/h6-17,27H,18-20H2,1-5H3,(H,32,35). The van der Waals surface area contributed by atoms with Gasteiger partial charge in [0.2, 0.25) is 11.8 Å². The van der Waals surface area contributed by atoms with E-state index in [0.29, 0.717) is 12.0 Å². The fourth-order valence-corrected chi connectivity index (χ4v) is 4.07. The van der Waals surface area contributed by atoms with Gasteiger partial charge in [0.05, 0.1) is 6.42 Å². The van der Waals surface area contributed by atoms with Gasteiger partial charge in [0.1, 0.15) is 11.9 Å². The Morgan fingerprint density at radius 1 is 0.914 bits per heavy atom. The van der Waals surface area contributed by atoms with Crippen LogP contribution >= 0.6 is 0 Å². The molecule has 0 fully saturated rings. The minimum Gasteiger partial charge on any atom is -0.350 e. The van der Waals surface area contributed by atoms with E-state index >= 15 is 0 Å². The Kier molecular flexibility index (Phi) is 8.44. The monoisotopic (exact) mass is 474 g/mol. The summed E-state index contributed by atoms with van der Waals surface area (Å²) in [5, 5.41) is 3.03. The second-order valence-electron chi connectivity index (χ2n) is 10.2. The summed E-state index contributed by atoms with van der Waals surface area (Å²) in [7, 11) is 0. The zero-order chi connectivity index (χ0) is 25.6. The zero-order valence-corrected chi connectivity index (χ0v) is 21.3. The highest BCUT2D eigenvalue weighted by Crippen LogP contribution is 2.20. The van der Waals surface area contributed by atoms with Gasteiger partial charge in [-0.1, -0.05) is 72.3 Å². The predicted molar refractivity (Wildman–Crippen MR) is 138 cm³/mol. The first-order valence-corrected chi connectivity index (χ1v) is 12.0. The lowest BCUT2D eigenvalue weighted by molar-refractivity contribution is -0.141. The molecule has 0 bridgehead atoms. The van der Waals surface area contributed by atoms with E-state index in [1.54, 1.807) is 18.2 Å². The number of benzene rings is 3. The van der Waals surface area contributed by atoms with Gasteiger partial charge in [-0.3, -0.25) is 9.59 Å². The highest BCUT2D eigenvalue weighted by atomic mass is 19.1. The summed E-state index contributed by atoms with van der Waals surface area (Å²) in [6.07, 6.45) is 0.464. The Morgan fingerprint density at radius 2 is 1.57 bits per heavy atom. The number of carbonyl (C=O) groups excluding carboxylic acids is 2. The molecule has 1 N–H and O–H groups in total. The number of hydrogen-bond donors (Lipinski definition) is 1. The molecule has 3 aromatic rings. The first-order valence-electron chi connectivity index (χ1n) is 12.0. The van der Waals surface area contributed by atoms with Gasteiger partial charge in [-0.15, -0.1) is 0 Å². The molecular formula is C30H35FN2O2. The highest BCUT2D eigenvalue weighted by Gasteiger charge is 2.32. The van der Waals surface area contributed by atoms with Gasteiger partial charge in [-0.05, 0) is 57.4 Å². The van der Waals surface area contributed by atoms with E-state index in [9.17, 15) is 14.0 Å². The predicted octanol–water partition coefficient (Wildman–Crippen LogP) is 5.54. The summed E-state index contributed by atoms with van der Waals surface area (Å²) in [5.74, 6) is -0.870. The Morgan fingerprint density at radius 3 is 2.23 bits per heavy atom. The van der Waals surface area contributed by atoms with Crippen molar-refractivity contribution in [1.29, 1.82) is 0 Å². The number of nitrogens with one attached hydrogen (secondary N) is 1.